The monoisotopic (exact) mass is 294 g/mol. The molecule has 0 aliphatic carbocycles. The zero-order valence-electron chi connectivity index (χ0n) is 14.3. The molecule has 0 aliphatic rings. The summed E-state index contributed by atoms with van der Waals surface area (Å²) in [5.41, 5.74) is 1.21. The molecular weight excluding hydrogens is 264 g/mol. The Balaban J connectivity index is 2.75. The molecule has 1 unspecified atom stereocenters. The molecule has 4 nitrogen and oxygen atoms in total. The van der Waals surface area contributed by atoms with Crippen LogP contribution in [-0.2, 0) is 0 Å². The Morgan fingerprint density at radius 3 is 2.33 bits per heavy atom. The van der Waals surface area contributed by atoms with Crippen LogP contribution in [0.1, 0.15) is 31.9 Å². The van der Waals surface area contributed by atoms with Crippen molar-refractivity contribution in [2.75, 3.05) is 41.4 Å². The Hall–Kier alpha value is -1.26. The van der Waals surface area contributed by atoms with Crippen LogP contribution in [0.5, 0.6) is 11.5 Å². The predicted octanol–water partition coefficient (Wildman–Crippen LogP) is 2.94. The van der Waals surface area contributed by atoms with E-state index in [1.54, 1.807) is 14.2 Å². The van der Waals surface area contributed by atoms with Gasteiger partial charge >= 0.3 is 0 Å². The lowest BCUT2D eigenvalue weighted by atomic mass is 10.1. The molecule has 1 atom stereocenters. The van der Waals surface area contributed by atoms with Gasteiger partial charge in [-0.2, -0.15) is 0 Å². The lowest BCUT2D eigenvalue weighted by Gasteiger charge is -2.25. The second-order valence-electron chi connectivity index (χ2n) is 5.90. The van der Waals surface area contributed by atoms with E-state index in [0.29, 0.717) is 0 Å². The Morgan fingerprint density at radius 1 is 1.14 bits per heavy atom. The molecule has 0 saturated carbocycles. The average Bonchev–Trinajstić information content (AvgIpc) is 2.49. The highest BCUT2D eigenvalue weighted by Gasteiger charge is 2.15. The predicted molar refractivity (Wildman–Crippen MR) is 88.3 cm³/mol. The molecule has 0 aromatic heterocycles. The highest BCUT2D eigenvalue weighted by molar-refractivity contribution is 5.43. The van der Waals surface area contributed by atoms with Gasteiger partial charge in [-0.25, -0.2) is 0 Å². The maximum Gasteiger partial charge on any atom is 0.161 e. The van der Waals surface area contributed by atoms with E-state index in [1.165, 1.54) is 12.0 Å². The largest absolute Gasteiger partial charge is 0.493 e. The first kappa shape index (κ1) is 17.8. The fourth-order valence-electron chi connectivity index (χ4n) is 2.31. The van der Waals surface area contributed by atoms with Gasteiger partial charge in [-0.05, 0) is 50.7 Å². The Bertz CT molecular complexity index is 421. The Labute approximate surface area is 129 Å². The number of rotatable bonds is 9. The molecule has 1 rings (SSSR count). The highest BCUT2D eigenvalue weighted by atomic mass is 16.5. The number of ether oxygens (including phenoxy) is 2. The summed E-state index contributed by atoms with van der Waals surface area (Å²) in [6, 6.07) is 6.39. The van der Waals surface area contributed by atoms with Crippen molar-refractivity contribution in [3.63, 3.8) is 0 Å². The summed E-state index contributed by atoms with van der Waals surface area (Å²) >= 11 is 0. The molecule has 1 N–H and O–H groups in total. The minimum atomic E-state index is 0.280. The Kier molecular flexibility index (Phi) is 7.54. The third-order valence-corrected chi connectivity index (χ3v) is 3.74. The molecule has 0 fully saturated rings. The zero-order chi connectivity index (χ0) is 15.8. The molecule has 0 aliphatic heterocycles. The van der Waals surface area contributed by atoms with E-state index < -0.39 is 0 Å². The maximum absolute atomic E-state index is 5.39. The van der Waals surface area contributed by atoms with E-state index in [4.69, 9.17) is 9.47 Å². The SMILES string of the molecule is CNC(CN(C)CCC(C)C)c1ccc(OC)c(OC)c1. The van der Waals surface area contributed by atoms with Crippen molar-refractivity contribution in [2.24, 2.45) is 5.92 Å². The van der Waals surface area contributed by atoms with Crippen molar-refractivity contribution < 1.29 is 9.47 Å². The van der Waals surface area contributed by atoms with Crippen LogP contribution >= 0.6 is 0 Å². The minimum Gasteiger partial charge on any atom is -0.493 e. The smallest absolute Gasteiger partial charge is 0.161 e. The van der Waals surface area contributed by atoms with E-state index in [-0.39, 0.29) is 6.04 Å². The van der Waals surface area contributed by atoms with E-state index in [2.05, 4.69) is 43.2 Å². The average molecular weight is 294 g/mol. The molecule has 120 valence electrons. The van der Waals surface area contributed by atoms with Crippen LogP contribution in [0.3, 0.4) is 0 Å². The fraction of sp³-hybridized carbons (Fsp3) is 0.647. The number of methoxy groups -OCH3 is 2. The van der Waals surface area contributed by atoms with Gasteiger partial charge in [-0.1, -0.05) is 19.9 Å². The van der Waals surface area contributed by atoms with Gasteiger partial charge in [-0.3, -0.25) is 0 Å². The first-order chi connectivity index (χ1) is 10.0. The van der Waals surface area contributed by atoms with E-state index in [0.717, 1.165) is 30.5 Å². The molecule has 4 heteroatoms. The van der Waals surface area contributed by atoms with E-state index in [1.807, 2.05) is 13.1 Å². The maximum atomic E-state index is 5.39. The quantitative estimate of drug-likeness (QED) is 0.759. The summed E-state index contributed by atoms with van der Waals surface area (Å²) < 4.78 is 10.7. The van der Waals surface area contributed by atoms with Crippen LogP contribution in [0.2, 0.25) is 0 Å². The molecule has 0 spiro atoms. The van der Waals surface area contributed by atoms with E-state index >= 15 is 0 Å². The molecule has 0 radical (unpaired) electrons. The number of hydrogen-bond acceptors (Lipinski definition) is 4. The third kappa shape index (κ3) is 5.56. The van der Waals surface area contributed by atoms with Gasteiger partial charge in [0.2, 0.25) is 0 Å². The number of hydrogen-bond donors (Lipinski definition) is 1. The molecular formula is C17H30N2O2. The molecule has 1 aromatic carbocycles. The second kappa shape index (κ2) is 8.90. The van der Waals surface area contributed by atoms with Crippen molar-refractivity contribution in [1.29, 1.82) is 0 Å². The van der Waals surface area contributed by atoms with Crippen molar-refractivity contribution in [3.05, 3.63) is 23.8 Å². The molecule has 0 heterocycles. The molecule has 0 bridgehead atoms. The van der Waals surface area contributed by atoms with Gasteiger partial charge < -0.3 is 19.7 Å². The molecule has 0 saturated heterocycles. The first-order valence-corrected chi connectivity index (χ1v) is 7.59. The van der Waals surface area contributed by atoms with E-state index in [9.17, 15) is 0 Å². The van der Waals surface area contributed by atoms with Gasteiger partial charge in [0.05, 0.1) is 14.2 Å². The number of benzene rings is 1. The van der Waals surface area contributed by atoms with Crippen molar-refractivity contribution in [3.8, 4) is 11.5 Å². The number of likely N-dealkylation sites (N-methyl/N-ethyl adjacent to an activating group) is 2. The second-order valence-corrected chi connectivity index (χ2v) is 5.90. The summed E-state index contributed by atoms with van der Waals surface area (Å²) in [4.78, 5) is 2.37. The Morgan fingerprint density at radius 2 is 1.81 bits per heavy atom. The van der Waals surface area contributed by atoms with Gasteiger partial charge in [0, 0.05) is 12.6 Å². The third-order valence-electron chi connectivity index (χ3n) is 3.74. The highest BCUT2D eigenvalue weighted by Crippen LogP contribution is 2.30. The first-order valence-electron chi connectivity index (χ1n) is 7.59. The van der Waals surface area contributed by atoms with Crippen molar-refractivity contribution >= 4 is 0 Å². The van der Waals surface area contributed by atoms with Gasteiger partial charge in [0.1, 0.15) is 0 Å². The minimum absolute atomic E-state index is 0.280. The van der Waals surface area contributed by atoms with Crippen LogP contribution in [0.4, 0.5) is 0 Å². The lowest BCUT2D eigenvalue weighted by Crippen LogP contribution is -2.32. The van der Waals surface area contributed by atoms with Crippen LogP contribution in [-0.4, -0.2) is 46.3 Å². The zero-order valence-corrected chi connectivity index (χ0v) is 14.3. The summed E-state index contributed by atoms with van der Waals surface area (Å²) in [5, 5.41) is 3.39. The summed E-state index contributed by atoms with van der Waals surface area (Å²) in [6.07, 6.45) is 1.22. The van der Waals surface area contributed by atoms with Crippen molar-refractivity contribution in [1.82, 2.24) is 10.2 Å². The van der Waals surface area contributed by atoms with Crippen LogP contribution in [0.25, 0.3) is 0 Å². The summed E-state index contributed by atoms with van der Waals surface area (Å²) in [5.74, 6) is 2.28. The van der Waals surface area contributed by atoms with Crippen LogP contribution in [0.15, 0.2) is 18.2 Å². The topological polar surface area (TPSA) is 33.7 Å². The normalized spacial score (nSPS) is 12.8. The summed E-state index contributed by atoms with van der Waals surface area (Å²) in [7, 11) is 7.50. The molecule has 0 amide bonds. The fourth-order valence-corrected chi connectivity index (χ4v) is 2.31. The van der Waals surface area contributed by atoms with Gasteiger partial charge in [-0.15, -0.1) is 0 Å². The number of nitrogens with one attached hydrogen (secondary N) is 1. The lowest BCUT2D eigenvalue weighted by molar-refractivity contribution is 0.279. The number of nitrogens with zero attached hydrogens (tertiary/aromatic N) is 1. The van der Waals surface area contributed by atoms with Crippen molar-refractivity contribution in [2.45, 2.75) is 26.3 Å². The summed E-state index contributed by atoms with van der Waals surface area (Å²) in [6.45, 7) is 6.61. The molecule has 1 aromatic rings. The van der Waals surface area contributed by atoms with Crippen LogP contribution in [0, 0.1) is 5.92 Å². The van der Waals surface area contributed by atoms with Gasteiger partial charge in [0.25, 0.3) is 0 Å². The van der Waals surface area contributed by atoms with Crippen LogP contribution < -0.4 is 14.8 Å². The van der Waals surface area contributed by atoms with Gasteiger partial charge in [0.15, 0.2) is 11.5 Å². The standard InChI is InChI=1S/C17H30N2O2/c1-13(2)9-10-19(4)12-15(18-3)14-7-8-16(20-5)17(11-14)21-6/h7-8,11,13,15,18H,9-10,12H2,1-6H3. The molecule has 21 heavy (non-hydrogen) atoms.